The Hall–Kier alpha value is -2.11. The molecule has 0 spiro atoms. The smallest absolute Gasteiger partial charge is 0.360 e. The molecule has 0 aliphatic carbocycles. The van der Waals surface area contributed by atoms with E-state index in [1.807, 2.05) is 0 Å². The molecule has 0 saturated carbocycles. The fourth-order valence-electron chi connectivity index (χ4n) is 0.908. The fraction of sp³-hybridized carbons (Fsp3) is 0.125. The highest BCUT2D eigenvalue weighted by molar-refractivity contribution is 5.87. The average molecular weight is 194 g/mol. The highest BCUT2D eigenvalue weighted by atomic mass is 16.5. The van der Waals surface area contributed by atoms with E-state index in [4.69, 9.17) is 8.83 Å². The van der Waals surface area contributed by atoms with Gasteiger partial charge < -0.3 is 13.6 Å². The third kappa shape index (κ3) is 1.37. The van der Waals surface area contributed by atoms with E-state index in [1.165, 1.54) is 26.0 Å². The van der Waals surface area contributed by atoms with Crippen molar-refractivity contribution < 1.29 is 18.4 Å². The monoisotopic (exact) mass is 194 g/mol. The lowest BCUT2D eigenvalue weighted by Gasteiger charge is -1.89. The van der Waals surface area contributed by atoms with E-state index in [-0.39, 0.29) is 11.6 Å². The molecule has 2 aromatic heterocycles. The summed E-state index contributed by atoms with van der Waals surface area (Å²) in [4.78, 5) is 18.7. The van der Waals surface area contributed by atoms with Gasteiger partial charge in [-0.05, 0) is 0 Å². The van der Waals surface area contributed by atoms with Crippen LogP contribution in [0.5, 0.6) is 0 Å². The number of nitrogens with zero attached hydrogens (tertiary/aromatic N) is 2. The quantitative estimate of drug-likeness (QED) is 0.666. The molecule has 0 aromatic carbocycles. The number of carbonyl (C=O) groups is 1. The van der Waals surface area contributed by atoms with Crippen molar-refractivity contribution in [3.05, 3.63) is 24.6 Å². The number of esters is 1. The number of oxazole rings is 2. The molecule has 6 nitrogen and oxygen atoms in total. The second-order valence-corrected chi connectivity index (χ2v) is 2.40. The molecule has 6 heteroatoms. The van der Waals surface area contributed by atoms with Crippen molar-refractivity contribution >= 4 is 5.97 Å². The maximum Gasteiger partial charge on any atom is 0.360 e. The minimum Gasteiger partial charge on any atom is -0.464 e. The van der Waals surface area contributed by atoms with Gasteiger partial charge in [0.2, 0.25) is 5.89 Å². The van der Waals surface area contributed by atoms with Gasteiger partial charge in [-0.2, -0.15) is 0 Å². The van der Waals surface area contributed by atoms with Crippen molar-refractivity contribution in [2.75, 3.05) is 7.11 Å². The molecule has 0 amide bonds. The molecule has 2 rings (SSSR count). The molecule has 0 saturated heterocycles. The second-order valence-electron chi connectivity index (χ2n) is 2.40. The van der Waals surface area contributed by atoms with E-state index in [9.17, 15) is 4.79 Å². The lowest BCUT2D eigenvalue weighted by atomic mass is 10.5. The Morgan fingerprint density at radius 3 is 3.00 bits per heavy atom. The Balaban J connectivity index is 2.31. The molecule has 0 aliphatic heterocycles. The van der Waals surface area contributed by atoms with Crippen molar-refractivity contribution in [3.8, 4) is 11.6 Å². The van der Waals surface area contributed by atoms with Crippen LogP contribution in [0.15, 0.2) is 27.8 Å². The van der Waals surface area contributed by atoms with Crippen molar-refractivity contribution in [3.63, 3.8) is 0 Å². The minimum atomic E-state index is -0.552. The van der Waals surface area contributed by atoms with E-state index in [0.717, 1.165) is 0 Å². The molecule has 2 heterocycles. The first-order valence-electron chi connectivity index (χ1n) is 3.73. The van der Waals surface area contributed by atoms with Crippen LogP contribution in [0, 0.1) is 0 Å². The van der Waals surface area contributed by atoms with Gasteiger partial charge in [-0.25, -0.2) is 14.8 Å². The normalized spacial score (nSPS) is 10.1. The first-order chi connectivity index (χ1) is 6.81. The summed E-state index contributed by atoms with van der Waals surface area (Å²) in [5.41, 5.74) is 0.533. The number of methoxy groups -OCH3 is 1. The second kappa shape index (κ2) is 3.33. The van der Waals surface area contributed by atoms with Crippen LogP contribution < -0.4 is 0 Å². The van der Waals surface area contributed by atoms with Gasteiger partial charge >= 0.3 is 5.97 Å². The zero-order valence-corrected chi connectivity index (χ0v) is 7.26. The molecule has 0 fully saturated rings. The number of hydrogen-bond donors (Lipinski definition) is 0. The summed E-state index contributed by atoms with van der Waals surface area (Å²) in [6, 6.07) is 0. The molecule has 2 aromatic rings. The van der Waals surface area contributed by atoms with Crippen molar-refractivity contribution in [2.45, 2.75) is 0 Å². The van der Waals surface area contributed by atoms with Crippen LogP contribution in [0.25, 0.3) is 11.6 Å². The lowest BCUT2D eigenvalue weighted by molar-refractivity contribution is 0.0594. The molecule has 0 aliphatic rings. The Morgan fingerprint density at radius 2 is 2.36 bits per heavy atom. The van der Waals surface area contributed by atoms with Crippen molar-refractivity contribution in [1.29, 1.82) is 0 Å². The Bertz CT molecular complexity index is 432. The fourth-order valence-corrected chi connectivity index (χ4v) is 0.908. The molecule has 0 N–H and O–H groups in total. The molecule has 0 radical (unpaired) electrons. The first-order valence-corrected chi connectivity index (χ1v) is 3.73. The third-order valence-electron chi connectivity index (χ3n) is 1.55. The predicted octanol–water partition coefficient (Wildman–Crippen LogP) is 1.12. The zero-order valence-electron chi connectivity index (χ0n) is 7.26. The maximum atomic E-state index is 11.0. The number of carbonyl (C=O) groups excluding carboxylic acids is 1. The Labute approximate surface area is 78.5 Å². The van der Waals surface area contributed by atoms with Gasteiger partial charge in [0.1, 0.15) is 12.5 Å². The van der Waals surface area contributed by atoms with Crippen molar-refractivity contribution in [1.82, 2.24) is 9.97 Å². The molecule has 0 bridgehead atoms. The summed E-state index contributed by atoms with van der Waals surface area (Å²) >= 11 is 0. The predicted molar refractivity (Wildman–Crippen MR) is 43.3 cm³/mol. The molecular weight excluding hydrogens is 188 g/mol. The van der Waals surface area contributed by atoms with Crippen LogP contribution in [0.1, 0.15) is 10.5 Å². The standard InChI is InChI=1S/C8H6N2O4/c1-12-8(11)6-3-14-7(10-6)5-2-13-4-9-5/h2-4H,1H3. The van der Waals surface area contributed by atoms with Gasteiger partial charge in [-0.3, -0.25) is 0 Å². The molecular formula is C8H6N2O4. The summed E-state index contributed by atoms with van der Waals surface area (Å²) in [5, 5.41) is 0. The molecule has 72 valence electrons. The maximum absolute atomic E-state index is 11.0. The first kappa shape index (κ1) is 8.49. The number of ether oxygens (including phenoxy) is 1. The van der Waals surface area contributed by atoms with E-state index in [2.05, 4.69) is 14.7 Å². The highest BCUT2D eigenvalue weighted by Gasteiger charge is 2.14. The molecule has 14 heavy (non-hydrogen) atoms. The largest absolute Gasteiger partial charge is 0.464 e. The lowest BCUT2D eigenvalue weighted by Crippen LogP contribution is -2.00. The van der Waals surface area contributed by atoms with E-state index in [0.29, 0.717) is 5.69 Å². The van der Waals surface area contributed by atoms with Crippen LogP contribution in [0.3, 0.4) is 0 Å². The SMILES string of the molecule is COC(=O)c1coc(-c2cocn2)n1. The number of aromatic nitrogens is 2. The summed E-state index contributed by atoms with van der Waals surface area (Å²) in [7, 11) is 1.27. The van der Waals surface area contributed by atoms with Crippen LogP contribution >= 0.6 is 0 Å². The van der Waals surface area contributed by atoms with Crippen LogP contribution in [0.4, 0.5) is 0 Å². The minimum absolute atomic E-state index is 0.102. The van der Waals surface area contributed by atoms with Crippen LogP contribution in [-0.2, 0) is 4.74 Å². The summed E-state index contributed by atoms with van der Waals surface area (Å²) in [6.07, 6.45) is 3.82. The topological polar surface area (TPSA) is 78.4 Å². The van der Waals surface area contributed by atoms with Gasteiger partial charge in [0.15, 0.2) is 17.8 Å². The van der Waals surface area contributed by atoms with E-state index in [1.54, 1.807) is 0 Å². The van der Waals surface area contributed by atoms with Crippen molar-refractivity contribution in [2.24, 2.45) is 0 Å². The highest BCUT2D eigenvalue weighted by Crippen LogP contribution is 2.16. The summed E-state index contributed by atoms with van der Waals surface area (Å²) in [5.74, 6) is -0.331. The van der Waals surface area contributed by atoms with Gasteiger partial charge in [0, 0.05) is 0 Å². The van der Waals surface area contributed by atoms with Gasteiger partial charge in [-0.1, -0.05) is 0 Å². The summed E-state index contributed by atoms with van der Waals surface area (Å²) < 4.78 is 14.2. The Kier molecular flexibility index (Phi) is 2.02. The number of rotatable bonds is 2. The number of hydrogen-bond acceptors (Lipinski definition) is 6. The average Bonchev–Trinajstić information content (AvgIpc) is 2.86. The van der Waals surface area contributed by atoms with Crippen LogP contribution in [0.2, 0.25) is 0 Å². The summed E-state index contributed by atoms with van der Waals surface area (Å²) in [6.45, 7) is 0. The van der Waals surface area contributed by atoms with Gasteiger partial charge in [0.25, 0.3) is 0 Å². The zero-order chi connectivity index (χ0) is 9.97. The van der Waals surface area contributed by atoms with Gasteiger partial charge in [-0.15, -0.1) is 0 Å². The molecule has 0 atom stereocenters. The third-order valence-corrected chi connectivity index (χ3v) is 1.55. The van der Waals surface area contributed by atoms with E-state index < -0.39 is 5.97 Å². The van der Waals surface area contributed by atoms with E-state index >= 15 is 0 Å². The van der Waals surface area contributed by atoms with Gasteiger partial charge in [0.05, 0.1) is 7.11 Å². The molecule has 0 unspecified atom stereocenters. The van der Waals surface area contributed by atoms with Crippen LogP contribution in [-0.4, -0.2) is 23.0 Å². The Morgan fingerprint density at radius 1 is 1.50 bits per heavy atom.